The van der Waals surface area contributed by atoms with Crippen LogP contribution in [0, 0.1) is 12.8 Å². The summed E-state index contributed by atoms with van der Waals surface area (Å²) in [6.07, 6.45) is 1.63. The van der Waals surface area contributed by atoms with E-state index in [0.717, 1.165) is 23.2 Å². The molecule has 0 atom stereocenters. The molecule has 5 nitrogen and oxygen atoms in total. The molecule has 1 rings (SSSR count). The average Bonchev–Trinajstić information content (AvgIpc) is 2.47. The predicted octanol–water partition coefficient (Wildman–Crippen LogP) is 3.78. The topological polar surface area (TPSA) is 76.7 Å². The highest BCUT2D eigenvalue weighted by Crippen LogP contribution is 2.27. The van der Waals surface area contributed by atoms with Crippen LogP contribution in [0.1, 0.15) is 57.6 Å². The molecule has 0 spiro atoms. The van der Waals surface area contributed by atoms with E-state index in [9.17, 15) is 4.79 Å². The molecule has 1 aromatic carbocycles. The van der Waals surface area contributed by atoms with Gasteiger partial charge in [-0.15, -0.1) is 0 Å². The first-order chi connectivity index (χ1) is 10.8. The highest BCUT2D eigenvalue weighted by molar-refractivity contribution is 5.93. The standard InChI is InChI=1S/C18H29N3O2/c1-12(2)9-10-16(19)21-23-11-17(22)20-18-14(5)7-6-8-15(18)13(3)4/h6-8,12-13H,9-11H2,1-5H3,(H2,19,21)(H,20,22). The van der Waals surface area contributed by atoms with Gasteiger partial charge < -0.3 is 15.9 Å². The van der Waals surface area contributed by atoms with Crippen molar-refractivity contribution in [3.8, 4) is 0 Å². The molecule has 0 bridgehead atoms. The molecule has 0 saturated heterocycles. The molecule has 5 heteroatoms. The third-order valence-electron chi connectivity index (χ3n) is 3.55. The van der Waals surface area contributed by atoms with Gasteiger partial charge in [0.05, 0.1) is 0 Å². The molecule has 0 aromatic heterocycles. The largest absolute Gasteiger partial charge is 0.384 e. The van der Waals surface area contributed by atoms with Crippen molar-refractivity contribution in [3.05, 3.63) is 29.3 Å². The monoisotopic (exact) mass is 319 g/mol. The van der Waals surface area contributed by atoms with Crippen molar-refractivity contribution in [3.63, 3.8) is 0 Å². The Morgan fingerprint density at radius 3 is 2.61 bits per heavy atom. The Labute approximate surface area is 139 Å². The summed E-state index contributed by atoms with van der Waals surface area (Å²) in [5.41, 5.74) is 8.74. The maximum atomic E-state index is 12.0. The Morgan fingerprint density at radius 1 is 1.30 bits per heavy atom. The molecule has 0 fully saturated rings. The summed E-state index contributed by atoms with van der Waals surface area (Å²) in [6.45, 7) is 10.3. The van der Waals surface area contributed by atoms with Gasteiger partial charge in [0, 0.05) is 12.1 Å². The molecule has 3 N–H and O–H groups in total. The van der Waals surface area contributed by atoms with Crippen molar-refractivity contribution < 1.29 is 9.63 Å². The molecule has 0 aliphatic rings. The molecular formula is C18H29N3O2. The van der Waals surface area contributed by atoms with Crippen LogP contribution in [0.25, 0.3) is 0 Å². The number of benzene rings is 1. The molecule has 128 valence electrons. The lowest BCUT2D eigenvalue weighted by Gasteiger charge is -2.16. The maximum Gasteiger partial charge on any atom is 0.265 e. The number of hydrogen-bond acceptors (Lipinski definition) is 3. The van der Waals surface area contributed by atoms with Crippen molar-refractivity contribution in [1.82, 2.24) is 0 Å². The molecule has 1 amide bonds. The Hall–Kier alpha value is -2.04. The minimum atomic E-state index is -0.235. The third kappa shape index (κ3) is 6.72. The normalized spacial score (nSPS) is 11.9. The number of amidine groups is 1. The number of carbonyl (C=O) groups is 1. The summed E-state index contributed by atoms with van der Waals surface area (Å²) in [7, 11) is 0. The Morgan fingerprint density at radius 2 is 2.00 bits per heavy atom. The van der Waals surface area contributed by atoms with E-state index in [4.69, 9.17) is 10.6 Å². The number of carbonyl (C=O) groups excluding carboxylic acids is 1. The molecule has 1 aromatic rings. The minimum Gasteiger partial charge on any atom is -0.384 e. The lowest BCUT2D eigenvalue weighted by atomic mass is 9.98. The fourth-order valence-corrected chi connectivity index (χ4v) is 2.17. The predicted molar refractivity (Wildman–Crippen MR) is 95.5 cm³/mol. The van der Waals surface area contributed by atoms with E-state index >= 15 is 0 Å². The first-order valence-electron chi connectivity index (χ1n) is 8.15. The van der Waals surface area contributed by atoms with Crippen LogP contribution in [0.5, 0.6) is 0 Å². The molecule has 0 aliphatic heterocycles. The number of amides is 1. The Bertz CT molecular complexity index is 551. The van der Waals surface area contributed by atoms with Gasteiger partial charge in [0.2, 0.25) is 0 Å². The second-order valence-electron chi connectivity index (χ2n) is 6.53. The van der Waals surface area contributed by atoms with Crippen molar-refractivity contribution >= 4 is 17.4 Å². The van der Waals surface area contributed by atoms with Gasteiger partial charge in [-0.25, -0.2) is 0 Å². The second kappa shape index (κ2) is 9.18. The fourth-order valence-electron chi connectivity index (χ4n) is 2.17. The van der Waals surface area contributed by atoms with Gasteiger partial charge in [0.15, 0.2) is 6.61 Å². The second-order valence-corrected chi connectivity index (χ2v) is 6.53. The van der Waals surface area contributed by atoms with Crippen LogP contribution in [0.3, 0.4) is 0 Å². The van der Waals surface area contributed by atoms with E-state index in [1.807, 2.05) is 25.1 Å². The summed E-state index contributed by atoms with van der Waals surface area (Å²) in [6, 6.07) is 6.00. The number of hydrogen-bond donors (Lipinski definition) is 2. The van der Waals surface area contributed by atoms with Gasteiger partial charge in [0.1, 0.15) is 5.84 Å². The smallest absolute Gasteiger partial charge is 0.265 e. The number of para-hydroxylation sites is 1. The molecule has 0 heterocycles. The number of nitrogens with one attached hydrogen (secondary N) is 1. The average molecular weight is 319 g/mol. The van der Waals surface area contributed by atoms with Gasteiger partial charge >= 0.3 is 0 Å². The van der Waals surface area contributed by atoms with Crippen molar-refractivity contribution in [2.45, 2.75) is 53.4 Å². The van der Waals surface area contributed by atoms with Gasteiger partial charge in [-0.2, -0.15) is 0 Å². The Kier molecular flexibility index (Phi) is 7.59. The summed E-state index contributed by atoms with van der Waals surface area (Å²) >= 11 is 0. The van der Waals surface area contributed by atoms with Crippen LogP contribution < -0.4 is 11.1 Å². The van der Waals surface area contributed by atoms with Crippen LogP contribution in [-0.2, 0) is 9.63 Å². The maximum absolute atomic E-state index is 12.0. The van der Waals surface area contributed by atoms with Crippen LogP contribution in [0.2, 0.25) is 0 Å². The van der Waals surface area contributed by atoms with Gasteiger partial charge in [-0.3, -0.25) is 4.79 Å². The number of anilines is 1. The SMILES string of the molecule is Cc1cccc(C(C)C)c1NC(=O)CO/N=C(\N)CCC(C)C. The quantitative estimate of drug-likeness (QED) is 0.435. The number of nitrogens with two attached hydrogens (primary N) is 1. The number of aryl methyl sites for hydroxylation is 1. The lowest BCUT2D eigenvalue weighted by Crippen LogP contribution is -2.20. The van der Waals surface area contributed by atoms with Crippen molar-refractivity contribution in [2.75, 3.05) is 11.9 Å². The van der Waals surface area contributed by atoms with E-state index in [-0.39, 0.29) is 12.5 Å². The molecule has 0 radical (unpaired) electrons. The van der Waals surface area contributed by atoms with E-state index in [0.29, 0.717) is 24.1 Å². The Balaban J connectivity index is 2.56. The molecule has 0 saturated carbocycles. The highest BCUT2D eigenvalue weighted by atomic mass is 16.6. The van der Waals surface area contributed by atoms with Gasteiger partial charge in [-0.05, 0) is 36.3 Å². The molecule has 0 unspecified atom stereocenters. The zero-order valence-corrected chi connectivity index (χ0v) is 14.8. The van der Waals surface area contributed by atoms with Crippen LogP contribution >= 0.6 is 0 Å². The zero-order chi connectivity index (χ0) is 17.4. The van der Waals surface area contributed by atoms with Crippen molar-refractivity contribution in [2.24, 2.45) is 16.8 Å². The van der Waals surface area contributed by atoms with Gasteiger partial charge in [-0.1, -0.05) is 51.0 Å². The number of rotatable bonds is 8. The molecular weight excluding hydrogens is 290 g/mol. The van der Waals surface area contributed by atoms with E-state index in [2.05, 4.69) is 38.2 Å². The number of oxime groups is 1. The third-order valence-corrected chi connectivity index (χ3v) is 3.55. The molecule has 0 aliphatic carbocycles. The van der Waals surface area contributed by atoms with E-state index in [1.54, 1.807) is 0 Å². The molecule has 23 heavy (non-hydrogen) atoms. The minimum absolute atomic E-state index is 0.145. The van der Waals surface area contributed by atoms with Crippen LogP contribution in [0.15, 0.2) is 23.4 Å². The van der Waals surface area contributed by atoms with Crippen LogP contribution in [-0.4, -0.2) is 18.3 Å². The summed E-state index contributed by atoms with van der Waals surface area (Å²) in [5.74, 6) is 1.07. The van der Waals surface area contributed by atoms with Crippen LogP contribution in [0.4, 0.5) is 5.69 Å². The van der Waals surface area contributed by atoms with Gasteiger partial charge in [0.25, 0.3) is 5.91 Å². The lowest BCUT2D eigenvalue weighted by molar-refractivity contribution is -0.120. The van der Waals surface area contributed by atoms with Crippen molar-refractivity contribution in [1.29, 1.82) is 0 Å². The number of nitrogens with zero attached hydrogens (tertiary/aromatic N) is 1. The van der Waals surface area contributed by atoms with E-state index in [1.165, 1.54) is 0 Å². The zero-order valence-electron chi connectivity index (χ0n) is 14.8. The summed E-state index contributed by atoms with van der Waals surface area (Å²) in [5, 5.41) is 6.70. The first-order valence-corrected chi connectivity index (χ1v) is 8.15. The fraction of sp³-hybridized carbons (Fsp3) is 0.556. The first kappa shape index (κ1) is 19.0. The van der Waals surface area contributed by atoms with E-state index < -0.39 is 0 Å². The summed E-state index contributed by atoms with van der Waals surface area (Å²) in [4.78, 5) is 17.1. The highest BCUT2D eigenvalue weighted by Gasteiger charge is 2.12. The summed E-state index contributed by atoms with van der Waals surface area (Å²) < 4.78 is 0.